The van der Waals surface area contributed by atoms with Crippen LogP contribution in [0.2, 0.25) is 0 Å². The molecule has 5 nitrogen and oxygen atoms in total. The van der Waals surface area contributed by atoms with E-state index in [2.05, 4.69) is 10.6 Å². The second-order valence-electron chi connectivity index (χ2n) is 3.87. The van der Waals surface area contributed by atoms with E-state index in [9.17, 15) is 4.79 Å². The first-order valence-electron chi connectivity index (χ1n) is 5.63. The largest absolute Gasteiger partial charge is 0.497 e. The molecule has 1 aromatic carbocycles. The molecule has 1 aliphatic heterocycles. The molecule has 1 aliphatic rings. The summed E-state index contributed by atoms with van der Waals surface area (Å²) in [6.45, 7) is 0.699. The number of rotatable bonds is 5. The lowest BCUT2D eigenvalue weighted by Crippen LogP contribution is -2.25. The van der Waals surface area contributed by atoms with Gasteiger partial charge in [0.05, 0.1) is 12.4 Å². The number of hydrogen-bond donors (Lipinski definition) is 3. The van der Waals surface area contributed by atoms with E-state index in [0.29, 0.717) is 13.0 Å². The van der Waals surface area contributed by atoms with Crippen LogP contribution in [-0.4, -0.2) is 30.0 Å². The first-order valence-corrected chi connectivity index (χ1v) is 6.51. The van der Waals surface area contributed by atoms with E-state index in [-0.39, 0.29) is 16.3 Å². The van der Waals surface area contributed by atoms with Gasteiger partial charge in [-0.3, -0.25) is 10.2 Å². The summed E-state index contributed by atoms with van der Waals surface area (Å²) in [5, 5.41) is 13.2. The van der Waals surface area contributed by atoms with Gasteiger partial charge in [0.1, 0.15) is 5.75 Å². The second-order valence-corrected chi connectivity index (χ2v) is 5.08. The molecule has 1 aromatic rings. The molecule has 0 aliphatic carbocycles. The number of hydrogen-bond acceptors (Lipinski definition) is 5. The minimum atomic E-state index is -0.150. The summed E-state index contributed by atoms with van der Waals surface area (Å²) >= 11 is 1.28. The average Bonchev–Trinajstić information content (AvgIpc) is 2.69. The predicted molar refractivity (Wildman–Crippen MR) is 73.3 cm³/mol. The Morgan fingerprint density at radius 3 is 2.72 bits per heavy atom. The molecule has 3 N–H and O–H groups in total. The molecule has 1 heterocycles. The quantitative estimate of drug-likeness (QED) is 0.757. The molecule has 1 fully saturated rings. The van der Waals surface area contributed by atoms with Crippen LogP contribution in [0.4, 0.5) is 5.69 Å². The standard InChI is InChI=1S/C12H15N3O2S/c1-17-9-4-2-8(3-5-9)14-7-6-10-11(16)15-12(13)18-10/h2-5,10,14H,6-7H2,1H3,(H2,13,15,16). The first-order chi connectivity index (χ1) is 8.69. The number of anilines is 1. The molecule has 1 amide bonds. The molecule has 18 heavy (non-hydrogen) atoms. The van der Waals surface area contributed by atoms with Crippen molar-refractivity contribution in [2.24, 2.45) is 0 Å². The molecule has 0 spiro atoms. The highest BCUT2D eigenvalue weighted by atomic mass is 32.2. The van der Waals surface area contributed by atoms with Crippen molar-refractivity contribution >= 4 is 28.5 Å². The monoisotopic (exact) mass is 265 g/mol. The third-order valence-electron chi connectivity index (χ3n) is 2.61. The van der Waals surface area contributed by atoms with E-state index in [1.54, 1.807) is 7.11 Å². The number of amidine groups is 1. The van der Waals surface area contributed by atoms with E-state index in [0.717, 1.165) is 11.4 Å². The minimum Gasteiger partial charge on any atom is -0.497 e. The predicted octanol–water partition coefficient (Wildman–Crippen LogP) is 1.66. The zero-order valence-electron chi connectivity index (χ0n) is 10.0. The van der Waals surface area contributed by atoms with Crippen LogP contribution in [0.1, 0.15) is 6.42 Å². The van der Waals surface area contributed by atoms with Crippen molar-refractivity contribution in [3.8, 4) is 5.75 Å². The summed E-state index contributed by atoms with van der Waals surface area (Å²) < 4.78 is 5.07. The van der Waals surface area contributed by atoms with Gasteiger partial charge in [0.2, 0.25) is 5.91 Å². The topological polar surface area (TPSA) is 74.2 Å². The van der Waals surface area contributed by atoms with Crippen molar-refractivity contribution < 1.29 is 9.53 Å². The second kappa shape index (κ2) is 5.77. The molecule has 6 heteroatoms. The summed E-state index contributed by atoms with van der Waals surface area (Å²) in [6.07, 6.45) is 0.699. The molecule has 1 saturated heterocycles. The zero-order valence-corrected chi connectivity index (χ0v) is 10.8. The van der Waals surface area contributed by atoms with Crippen LogP contribution in [0.25, 0.3) is 0 Å². The Morgan fingerprint density at radius 2 is 2.17 bits per heavy atom. The van der Waals surface area contributed by atoms with Gasteiger partial charge in [-0.25, -0.2) is 0 Å². The van der Waals surface area contributed by atoms with Gasteiger partial charge in [0.15, 0.2) is 5.17 Å². The van der Waals surface area contributed by atoms with Gasteiger partial charge < -0.3 is 15.4 Å². The molecular formula is C12H15N3O2S. The molecular weight excluding hydrogens is 250 g/mol. The third-order valence-corrected chi connectivity index (χ3v) is 3.69. The van der Waals surface area contributed by atoms with E-state index >= 15 is 0 Å². The van der Waals surface area contributed by atoms with Gasteiger partial charge in [-0.1, -0.05) is 11.8 Å². The highest BCUT2D eigenvalue weighted by molar-refractivity contribution is 8.15. The number of nitrogens with one attached hydrogen (secondary N) is 3. The molecule has 0 saturated carbocycles. The molecule has 0 bridgehead atoms. The molecule has 1 unspecified atom stereocenters. The fraction of sp³-hybridized carbons (Fsp3) is 0.333. The van der Waals surface area contributed by atoms with Gasteiger partial charge >= 0.3 is 0 Å². The fourth-order valence-corrected chi connectivity index (χ4v) is 2.51. The number of carbonyl (C=O) groups excluding carboxylic acids is 1. The number of methoxy groups -OCH3 is 1. The summed E-state index contributed by atoms with van der Waals surface area (Å²) in [6, 6.07) is 7.63. The average molecular weight is 265 g/mol. The third kappa shape index (κ3) is 3.16. The van der Waals surface area contributed by atoms with Crippen molar-refractivity contribution in [2.45, 2.75) is 11.7 Å². The van der Waals surface area contributed by atoms with Gasteiger partial charge in [-0.15, -0.1) is 0 Å². The van der Waals surface area contributed by atoms with Gasteiger partial charge in [0, 0.05) is 12.2 Å². The van der Waals surface area contributed by atoms with Gasteiger partial charge in [-0.05, 0) is 30.7 Å². The Bertz CT molecular complexity index is 447. The Kier molecular flexibility index (Phi) is 4.09. The van der Waals surface area contributed by atoms with Crippen LogP contribution in [0.15, 0.2) is 24.3 Å². The van der Waals surface area contributed by atoms with Crippen molar-refractivity contribution in [1.29, 1.82) is 5.41 Å². The molecule has 0 radical (unpaired) electrons. The lowest BCUT2D eigenvalue weighted by atomic mass is 10.2. The maximum absolute atomic E-state index is 11.4. The highest BCUT2D eigenvalue weighted by Gasteiger charge is 2.28. The van der Waals surface area contributed by atoms with Crippen LogP contribution in [-0.2, 0) is 4.79 Å². The maximum Gasteiger partial charge on any atom is 0.239 e. The van der Waals surface area contributed by atoms with Crippen molar-refractivity contribution in [3.05, 3.63) is 24.3 Å². The number of thioether (sulfide) groups is 1. The SMILES string of the molecule is COc1ccc(NCCC2SC(=N)NC2=O)cc1. The van der Waals surface area contributed by atoms with E-state index in [1.807, 2.05) is 24.3 Å². The number of benzene rings is 1. The summed E-state index contributed by atoms with van der Waals surface area (Å²) in [5.74, 6) is 0.751. The Hall–Kier alpha value is -1.69. The molecule has 96 valence electrons. The number of amides is 1. The normalized spacial score (nSPS) is 18.6. The Balaban J connectivity index is 1.78. The van der Waals surface area contributed by atoms with Crippen LogP contribution in [0.3, 0.4) is 0 Å². The Labute approximate surface area is 110 Å². The lowest BCUT2D eigenvalue weighted by Gasteiger charge is -2.09. The van der Waals surface area contributed by atoms with Crippen molar-refractivity contribution in [2.75, 3.05) is 19.0 Å². The number of ether oxygens (including phenoxy) is 1. The minimum absolute atomic E-state index is 0.0680. The fourth-order valence-electron chi connectivity index (χ4n) is 1.66. The molecule has 2 rings (SSSR count). The van der Waals surface area contributed by atoms with Gasteiger partial charge in [-0.2, -0.15) is 0 Å². The molecule has 0 aromatic heterocycles. The van der Waals surface area contributed by atoms with Crippen LogP contribution in [0, 0.1) is 5.41 Å². The first kappa shape index (κ1) is 12.8. The van der Waals surface area contributed by atoms with E-state index in [1.165, 1.54) is 11.8 Å². The molecule has 1 atom stereocenters. The maximum atomic E-state index is 11.4. The van der Waals surface area contributed by atoms with Crippen molar-refractivity contribution in [3.63, 3.8) is 0 Å². The highest BCUT2D eigenvalue weighted by Crippen LogP contribution is 2.21. The summed E-state index contributed by atoms with van der Waals surface area (Å²) in [4.78, 5) is 11.4. The lowest BCUT2D eigenvalue weighted by molar-refractivity contribution is -0.118. The smallest absolute Gasteiger partial charge is 0.239 e. The zero-order chi connectivity index (χ0) is 13.0. The van der Waals surface area contributed by atoms with Crippen LogP contribution < -0.4 is 15.4 Å². The van der Waals surface area contributed by atoms with E-state index in [4.69, 9.17) is 10.1 Å². The van der Waals surface area contributed by atoms with Crippen LogP contribution >= 0.6 is 11.8 Å². The summed E-state index contributed by atoms with van der Waals surface area (Å²) in [7, 11) is 1.63. The van der Waals surface area contributed by atoms with E-state index < -0.39 is 0 Å². The van der Waals surface area contributed by atoms with Crippen molar-refractivity contribution in [1.82, 2.24) is 5.32 Å². The summed E-state index contributed by atoms with van der Waals surface area (Å²) in [5.41, 5.74) is 0.995. The number of carbonyl (C=O) groups is 1. The Morgan fingerprint density at radius 1 is 1.44 bits per heavy atom. The van der Waals surface area contributed by atoms with Crippen LogP contribution in [0.5, 0.6) is 5.75 Å². The van der Waals surface area contributed by atoms with Gasteiger partial charge in [0.25, 0.3) is 0 Å².